The van der Waals surface area contributed by atoms with Crippen LogP contribution in [0.4, 0.5) is 74.0 Å². The van der Waals surface area contributed by atoms with E-state index >= 15 is 0 Å². The normalized spacial score (nSPS) is 12.5. The van der Waals surface area contributed by atoms with Gasteiger partial charge in [0.2, 0.25) is 0 Å². The first-order chi connectivity index (χ1) is 45.6. The molecule has 0 spiro atoms. The Morgan fingerprint density at radius 1 is 0.354 bits per heavy atom. The number of nitrogen functional groups attached to an aromatic ring is 3. The van der Waals surface area contributed by atoms with Gasteiger partial charge < -0.3 is 76.3 Å². The summed E-state index contributed by atoms with van der Waals surface area (Å²) in [6.07, 6.45) is -18.8. The lowest BCUT2D eigenvalue weighted by atomic mass is 10.00. The molecule has 3 amide bonds. The highest BCUT2D eigenvalue weighted by Gasteiger charge is 2.33. The largest absolute Gasteiger partial charge is 0.573 e. The number of nitrogens with zero attached hydrogens (tertiary/aromatic N) is 3. The number of amides is 3. The first-order valence-electron chi connectivity index (χ1n) is 27.9. The number of anilines is 6. The molecule has 3 heterocycles. The molecule has 0 aliphatic heterocycles. The van der Waals surface area contributed by atoms with E-state index in [0.29, 0.717) is 100 Å². The second-order valence-electron chi connectivity index (χ2n) is 20.6. The molecule has 0 radical (unpaired) electrons. The first-order valence-corrected chi connectivity index (χ1v) is 27.9. The lowest BCUT2D eigenvalue weighted by Gasteiger charge is -2.13. The van der Waals surface area contributed by atoms with Gasteiger partial charge in [0.15, 0.2) is 52.5 Å². The number of carbonyl (C=O) groups excluding carboxylic acids is 3. The van der Waals surface area contributed by atoms with Crippen LogP contribution < -0.4 is 47.4 Å². The number of hydrogen-bond donors (Lipinski definition) is 9. The van der Waals surface area contributed by atoms with Crippen molar-refractivity contribution < 1.29 is 97.0 Å². The van der Waals surface area contributed by atoms with Crippen LogP contribution in [0.15, 0.2) is 214 Å². The van der Waals surface area contributed by atoms with E-state index in [0.717, 1.165) is 0 Å². The molecule has 21 nitrogen and oxygen atoms in total. The van der Waals surface area contributed by atoms with Crippen LogP contribution in [0.25, 0.3) is 66.3 Å². The summed E-state index contributed by atoms with van der Waals surface area (Å²) in [4.78, 5) is 37.6. The molecular weight excluding hydrogens is 1280 g/mol. The van der Waals surface area contributed by atoms with E-state index in [4.69, 9.17) is 30.8 Å². The van der Waals surface area contributed by atoms with E-state index < -0.39 is 55.1 Å². The Morgan fingerprint density at radius 3 is 0.844 bits per heavy atom. The fourth-order valence-corrected chi connectivity index (χ4v) is 9.40. The Hall–Kier alpha value is -12.2. The molecule has 12 aromatic rings. The van der Waals surface area contributed by atoms with Crippen LogP contribution in [0, 0.1) is 0 Å². The van der Waals surface area contributed by atoms with E-state index in [2.05, 4.69) is 45.6 Å². The zero-order valence-electron chi connectivity index (χ0n) is 48.8. The van der Waals surface area contributed by atoms with E-state index in [-0.39, 0.29) is 34.7 Å². The number of hydrogen-bond acceptors (Lipinski definition) is 18. The van der Waals surface area contributed by atoms with Crippen molar-refractivity contribution in [2.75, 3.05) is 33.2 Å². The van der Waals surface area contributed by atoms with Crippen molar-refractivity contribution in [1.82, 2.24) is 15.5 Å². The summed E-state index contributed by atoms with van der Waals surface area (Å²) in [6, 6.07) is 49.5. The van der Waals surface area contributed by atoms with Crippen LogP contribution in [0.5, 0.6) is 17.2 Å². The van der Waals surface area contributed by atoms with Gasteiger partial charge >= 0.3 is 19.1 Å². The molecular formula is C66H48F9N9O12. The Morgan fingerprint density at radius 2 is 0.604 bits per heavy atom. The van der Waals surface area contributed by atoms with Gasteiger partial charge in [-0.05, 0) is 141 Å². The van der Waals surface area contributed by atoms with Crippen molar-refractivity contribution in [3.8, 4) is 50.6 Å². The third-order valence-electron chi connectivity index (χ3n) is 13.9. The maximum Gasteiger partial charge on any atom is 0.573 e. The molecule has 96 heavy (non-hydrogen) atoms. The van der Waals surface area contributed by atoms with Gasteiger partial charge in [-0.15, -0.1) is 39.5 Å². The van der Waals surface area contributed by atoms with Crippen molar-refractivity contribution in [2.24, 2.45) is 0 Å². The van der Waals surface area contributed by atoms with Gasteiger partial charge in [-0.1, -0.05) is 106 Å². The molecule has 3 unspecified atom stereocenters. The minimum atomic E-state index is -4.77. The smallest absolute Gasteiger partial charge is 0.406 e. The second kappa shape index (κ2) is 28.0. The molecule has 0 aliphatic rings. The maximum atomic E-state index is 12.5. The zero-order chi connectivity index (χ0) is 68.6. The molecule has 0 bridgehead atoms. The Bertz CT molecular complexity index is 4280. The number of alkyl halides is 9. The number of aliphatic hydroxyl groups is 3. The first kappa shape index (κ1) is 66.8. The Balaban J connectivity index is 0.000000157. The number of ether oxygens (including phenoxy) is 3. The highest BCUT2D eigenvalue weighted by Crippen LogP contribution is 2.34. The van der Waals surface area contributed by atoms with Crippen LogP contribution in [0.2, 0.25) is 0 Å². The summed E-state index contributed by atoms with van der Waals surface area (Å²) in [6.45, 7) is 0. The highest BCUT2D eigenvalue weighted by atomic mass is 19.4. The molecule has 30 heteroatoms. The molecule has 0 saturated heterocycles. The number of nitrogens with one attached hydrogen (secondary N) is 3. The van der Waals surface area contributed by atoms with Crippen LogP contribution in [0.3, 0.4) is 0 Å². The average Bonchev–Trinajstić information content (AvgIpc) is 1.42. The lowest BCUT2D eigenvalue weighted by Crippen LogP contribution is -2.20. The minimum Gasteiger partial charge on any atom is -0.406 e. The van der Waals surface area contributed by atoms with Crippen LogP contribution >= 0.6 is 0 Å². The van der Waals surface area contributed by atoms with E-state index in [1.165, 1.54) is 91.0 Å². The topological polar surface area (TPSA) is 332 Å². The molecule has 3 aromatic heterocycles. The molecule has 0 aliphatic carbocycles. The molecule has 12 N–H and O–H groups in total. The van der Waals surface area contributed by atoms with Crippen molar-refractivity contribution in [3.63, 3.8) is 0 Å². The molecule has 0 saturated carbocycles. The summed E-state index contributed by atoms with van der Waals surface area (Å²) in [7, 11) is 0. The summed E-state index contributed by atoms with van der Waals surface area (Å²) >= 11 is 0. The zero-order valence-corrected chi connectivity index (χ0v) is 48.8. The lowest BCUT2D eigenvalue weighted by molar-refractivity contribution is -0.275. The second-order valence-corrected chi connectivity index (χ2v) is 20.6. The van der Waals surface area contributed by atoms with Crippen molar-refractivity contribution in [2.45, 2.75) is 37.4 Å². The summed E-state index contributed by atoms with van der Waals surface area (Å²) < 4.78 is 138. The van der Waals surface area contributed by atoms with Gasteiger partial charge in [0.05, 0.1) is 16.2 Å². The van der Waals surface area contributed by atoms with Crippen LogP contribution in [-0.2, 0) is 14.4 Å². The monoisotopic (exact) mass is 1330 g/mol. The summed E-state index contributed by atoms with van der Waals surface area (Å²) in [5, 5.41) is 52.0. The Labute approximate surface area is 533 Å². The number of fused-ring (bicyclic) bond motifs is 3. The highest BCUT2D eigenvalue weighted by molar-refractivity contribution is 6.00. The third-order valence-corrected chi connectivity index (χ3v) is 13.9. The predicted octanol–water partition coefficient (Wildman–Crippen LogP) is 13.9. The van der Waals surface area contributed by atoms with Crippen molar-refractivity contribution in [1.29, 1.82) is 0 Å². The van der Waals surface area contributed by atoms with Gasteiger partial charge in [0.1, 0.15) is 17.2 Å². The van der Waals surface area contributed by atoms with E-state index in [9.17, 15) is 69.2 Å². The van der Waals surface area contributed by atoms with Gasteiger partial charge in [-0.3, -0.25) is 14.4 Å². The van der Waals surface area contributed by atoms with Crippen molar-refractivity contribution in [3.05, 3.63) is 217 Å². The SMILES string of the molecule is Nc1noc2cc(NC(=O)C(O)c3cccc(-c4ccc(OC(F)(F)F)cc4)c3)ccc12.Nc1noc2cc(NC(=O)C(O)c3cccc(-c4ccc(OC(F)(F)F)cc4)c3)ccc12.Nc1noc2cc(NC(=O)C(O)c3cccc(-c4ccc(OC(F)(F)F)cc4)c3)ccc12. The van der Waals surface area contributed by atoms with Crippen molar-refractivity contribution >= 4 is 85.1 Å². The molecule has 3 atom stereocenters. The number of carbonyl (C=O) groups is 3. The van der Waals surface area contributed by atoms with E-state index in [1.807, 2.05) is 0 Å². The minimum absolute atomic E-state index is 0.229. The molecule has 0 fully saturated rings. The fraction of sp³-hybridized carbons (Fsp3) is 0.0909. The van der Waals surface area contributed by atoms with Gasteiger partial charge in [-0.25, -0.2) is 0 Å². The molecule has 12 rings (SSSR count). The molecule has 9 aromatic carbocycles. The number of benzene rings is 9. The summed E-state index contributed by atoms with van der Waals surface area (Å²) in [5.74, 6) is -2.38. The number of rotatable bonds is 15. The Kier molecular flexibility index (Phi) is 19.5. The quantitative estimate of drug-likeness (QED) is 0.0431. The fourth-order valence-electron chi connectivity index (χ4n) is 9.40. The van der Waals surface area contributed by atoms with E-state index in [1.54, 1.807) is 109 Å². The number of aliphatic hydroxyl groups excluding tert-OH is 3. The van der Waals surface area contributed by atoms with Crippen LogP contribution in [-0.4, -0.2) is 67.6 Å². The van der Waals surface area contributed by atoms with Crippen LogP contribution in [0.1, 0.15) is 35.0 Å². The van der Waals surface area contributed by atoms with Gasteiger partial charge in [-0.2, -0.15) is 0 Å². The third kappa shape index (κ3) is 17.1. The predicted molar refractivity (Wildman–Crippen MR) is 332 cm³/mol. The standard InChI is InChI=1S/3C22H16F3N3O4/c3*23-22(24,25)31-16-7-4-12(5-8-16)13-2-1-3-14(10-13)19(29)21(30)27-15-6-9-17-18(11-15)32-28-20(17)26/h3*1-11,19,29H,(H2,26,28)(H,27,30). The van der Waals surface area contributed by atoms with Gasteiger partial charge in [0, 0.05) is 35.3 Å². The number of halogens is 9. The average molecular weight is 1330 g/mol. The molecule has 492 valence electrons. The maximum absolute atomic E-state index is 12.5. The summed E-state index contributed by atoms with van der Waals surface area (Å²) in [5.41, 5.74) is 23.8. The number of nitrogens with two attached hydrogens (primary N) is 3. The van der Waals surface area contributed by atoms with Gasteiger partial charge in [0.25, 0.3) is 17.7 Å². The number of aromatic nitrogens is 3.